The van der Waals surface area contributed by atoms with Gasteiger partial charge in [0.15, 0.2) is 0 Å². The van der Waals surface area contributed by atoms with Crippen LogP contribution in [0.25, 0.3) is 11.3 Å². The fraction of sp³-hybridized carbons (Fsp3) is 0.267. The largest absolute Gasteiger partial charge is 0.330 e. The van der Waals surface area contributed by atoms with Crippen molar-refractivity contribution in [2.24, 2.45) is 5.73 Å². The second-order valence-electron chi connectivity index (χ2n) is 4.27. The van der Waals surface area contributed by atoms with Crippen molar-refractivity contribution in [2.75, 3.05) is 6.54 Å². The molecule has 0 aliphatic heterocycles. The smallest absolute Gasteiger partial charge is 0.0702 e. The maximum Gasteiger partial charge on any atom is 0.0702 e. The molecule has 3 heteroatoms. The van der Waals surface area contributed by atoms with Crippen LogP contribution < -0.4 is 5.73 Å². The molecule has 0 amide bonds. The lowest BCUT2D eigenvalue weighted by Gasteiger charge is -2.04. The molecule has 0 spiro atoms. The zero-order chi connectivity index (χ0) is 12.8. The Morgan fingerprint density at radius 2 is 1.72 bits per heavy atom. The van der Waals surface area contributed by atoms with Crippen molar-refractivity contribution < 1.29 is 0 Å². The summed E-state index contributed by atoms with van der Waals surface area (Å²) in [5.74, 6) is 0.505. The standard InChI is InChI=1S/C15H17ClN2/c16-10-13-5-8-15(18-11-13)14-6-3-12(4-7-14)2-1-9-17/h3-8,11H,1-2,9-10,17H2. The summed E-state index contributed by atoms with van der Waals surface area (Å²) in [6, 6.07) is 12.5. The molecule has 0 aliphatic carbocycles. The molecular weight excluding hydrogens is 244 g/mol. The minimum atomic E-state index is 0.505. The van der Waals surface area contributed by atoms with E-state index in [0.29, 0.717) is 5.88 Å². The average molecular weight is 261 g/mol. The van der Waals surface area contributed by atoms with E-state index in [4.69, 9.17) is 17.3 Å². The zero-order valence-corrected chi connectivity index (χ0v) is 11.0. The van der Waals surface area contributed by atoms with Gasteiger partial charge in [-0.15, -0.1) is 11.6 Å². The van der Waals surface area contributed by atoms with E-state index in [0.717, 1.165) is 36.2 Å². The maximum absolute atomic E-state index is 5.74. The Morgan fingerprint density at radius 1 is 1.00 bits per heavy atom. The number of benzene rings is 1. The SMILES string of the molecule is NCCCc1ccc(-c2ccc(CCl)cn2)cc1. The van der Waals surface area contributed by atoms with Gasteiger partial charge < -0.3 is 5.73 Å². The predicted molar refractivity (Wildman–Crippen MR) is 76.6 cm³/mol. The molecule has 2 nitrogen and oxygen atoms in total. The minimum absolute atomic E-state index is 0.505. The lowest BCUT2D eigenvalue weighted by atomic mass is 10.1. The highest BCUT2D eigenvalue weighted by atomic mass is 35.5. The van der Waals surface area contributed by atoms with Gasteiger partial charge in [0, 0.05) is 17.6 Å². The number of nitrogens with two attached hydrogens (primary N) is 1. The van der Waals surface area contributed by atoms with Gasteiger partial charge in [-0.3, -0.25) is 4.98 Å². The summed E-state index contributed by atoms with van der Waals surface area (Å²) in [5, 5.41) is 0. The van der Waals surface area contributed by atoms with Crippen LogP contribution in [0.5, 0.6) is 0 Å². The molecular formula is C15H17ClN2. The van der Waals surface area contributed by atoms with Gasteiger partial charge in [-0.25, -0.2) is 0 Å². The van der Waals surface area contributed by atoms with Crippen LogP contribution in [-0.2, 0) is 12.3 Å². The number of pyridine rings is 1. The molecule has 1 aromatic heterocycles. The van der Waals surface area contributed by atoms with Crippen LogP contribution in [0.2, 0.25) is 0 Å². The van der Waals surface area contributed by atoms with Gasteiger partial charge in [0.05, 0.1) is 5.69 Å². The highest BCUT2D eigenvalue weighted by Gasteiger charge is 2.00. The molecule has 0 radical (unpaired) electrons. The Morgan fingerprint density at radius 3 is 2.28 bits per heavy atom. The highest BCUT2D eigenvalue weighted by molar-refractivity contribution is 6.17. The number of aromatic nitrogens is 1. The molecule has 1 heterocycles. The van der Waals surface area contributed by atoms with E-state index in [-0.39, 0.29) is 0 Å². The molecule has 0 saturated carbocycles. The molecule has 0 saturated heterocycles. The quantitative estimate of drug-likeness (QED) is 0.837. The van der Waals surface area contributed by atoms with Crippen molar-refractivity contribution in [3.8, 4) is 11.3 Å². The van der Waals surface area contributed by atoms with Crippen molar-refractivity contribution in [2.45, 2.75) is 18.7 Å². The van der Waals surface area contributed by atoms with Crippen molar-refractivity contribution in [3.05, 3.63) is 53.7 Å². The Kier molecular flexibility index (Phi) is 4.73. The van der Waals surface area contributed by atoms with E-state index in [1.165, 1.54) is 5.56 Å². The molecule has 0 fully saturated rings. The number of alkyl halides is 1. The summed E-state index contributed by atoms with van der Waals surface area (Å²) in [6.07, 6.45) is 3.89. The van der Waals surface area contributed by atoms with E-state index < -0.39 is 0 Å². The Bertz CT molecular complexity index is 477. The molecule has 18 heavy (non-hydrogen) atoms. The van der Waals surface area contributed by atoms with Crippen LogP contribution in [0.3, 0.4) is 0 Å². The number of aryl methyl sites for hydroxylation is 1. The number of nitrogens with zero attached hydrogens (tertiary/aromatic N) is 1. The molecule has 2 N–H and O–H groups in total. The van der Waals surface area contributed by atoms with Gasteiger partial charge in [-0.05, 0) is 36.6 Å². The van der Waals surface area contributed by atoms with Crippen molar-refractivity contribution in [1.82, 2.24) is 4.98 Å². The van der Waals surface area contributed by atoms with Crippen molar-refractivity contribution in [3.63, 3.8) is 0 Å². The van der Waals surface area contributed by atoms with Crippen LogP contribution in [0.1, 0.15) is 17.5 Å². The highest BCUT2D eigenvalue weighted by Crippen LogP contribution is 2.18. The molecule has 0 bridgehead atoms. The first-order chi connectivity index (χ1) is 8.83. The van der Waals surface area contributed by atoms with E-state index >= 15 is 0 Å². The van der Waals surface area contributed by atoms with Gasteiger partial charge in [-0.2, -0.15) is 0 Å². The van der Waals surface area contributed by atoms with Crippen LogP contribution in [-0.4, -0.2) is 11.5 Å². The fourth-order valence-electron chi connectivity index (χ4n) is 1.82. The van der Waals surface area contributed by atoms with E-state index in [2.05, 4.69) is 29.2 Å². The second-order valence-corrected chi connectivity index (χ2v) is 4.54. The molecule has 2 rings (SSSR count). The third-order valence-corrected chi connectivity index (χ3v) is 3.21. The van der Waals surface area contributed by atoms with E-state index in [9.17, 15) is 0 Å². The molecule has 94 valence electrons. The second kappa shape index (κ2) is 6.53. The lowest BCUT2D eigenvalue weighted by Crippen LogP contribution is -2.00. The van der Waals surface area contributed by atoms with Crippen molar-refractivity contribution in [1.29, 1.82) is 0 Å². The third kappa shape index (κ3) is 3.31. The monoisotopic (exact) mass is 260 g/mol. The Labute approximate surface area is 113 Å². The molecule has 0 unspecified atom stereocenters. The first kappa shape index (κ1) is 13.1. The fourth-order valence-corrected chi connectivity index (χ4v) is 1.98. The summed E-state index contributed by atoms with van der Waals surface area (Å²) in [6.45, 7) is 0.739. The van der Waals surface area contributed by atoms with E-state index in [1.807, 2.05) is 18.3 Å². The molecule has 0 atom stereocenters. The summed E-state index contributed by atoms with van der Waals surface area (Å²) < 4.78 is 0. The van der Waals surface area contributed by atoms with Gasteiger partial charge >= 0.3 is 0 Å². The maximum atomic E-state index is 5.74. The van der Waals surface area contributed by atoms with Crippen molar-refractivity contribution >= 4 is 11.6 Å². The summed E-state index contributed by atoms with van der Waals surface area (Å²) in [5.41, 5.74) is 9.98. The predicted octanol–water partition coefficient (Wildman–Crippen LogP) is 3.38. The summed E-state index contributed by atoms with van der Waals surface area (Å²) in [7, 11) is 0. The van der Waals surface area contributed by atoms with Gasteiger partial charge in [0.1, 0.15) is 0 Å². The van der Waals surface area contributed by atoms with Crippen LogP contribution in [0, 0.1) is 0 Å². The average Bonchev–Trinajstić information content (AvgIpc) is 2.46. The Hall–Kier alpha value is -1.38. The first-order valence-electron chi connectivity index (χ1n) is 6.14. The summed E-state index contributed by atoms with van der Waals surface area (Å²) in [4.78, 5) is 4.41. The zero-order valence-electron chi connectivity index (χ0n) is 10.3. The number of hydrogen-bond donors (Lipinski definition) is 1. The van der Waals surface area contributed by atoms with Crippen LogP contribution in [0.15, 0.2) is 42.6 Å². The number of halogens is 1. The molecule has 1 aromatic carbocycles. The minimum Gasteiger partial charge on any atom is -0.330 e. The normalized spacial score (nSPS) is 10.6. The lowest BCUT2D eigenvalue weighted by molar-refractivity contribution is 0.833. The van der Waals surface area contributed by atoms with Gasteiger partial charge in [-0.1, -0.05) is 30.3 Å². The van der Waals surface area contributed by atoms with Crippen LogP contribution in [0.4, 0.5) is 0 Å². The van der Waals surface area contributed by atoms with Crippen LogP contribution >= 0.6 is 11.6 Å². The third-order valence-electron chi connectivity index (χ3n) is 2.90. The number of rotatable bonds is 5. The Balaban J connectivity index is 2.12. The van der Waals surface area contributed by atoms with Gasteiger partial charge in [0.2, 0.25) is 0 Å². The topological polar surface area (TPSA) is 38.9 Å². The number of hydrogen-bond acceptors (Lipinski definition) is 2. The molecule has 2 aromatic rings. The molecule has 0 aliphatic rings. The first-order valence-corrected chi connectivity index (χ1v) is 6.67. The van der Waals surface area contributed by atoms with Gasteiger partial charge in [0.25, 0.3) is 0 Å². The summed E-state index contributed by atoms with van der Waals surface area (Å²) >= 11 is 5.74. The van der Waals surface area contributed by atoms with E-state index in [1.54, 1.807) is 0 Å².